The van der Waals surface area contributed by atoms with Crippen LogP contribution in [0.15, 0.2) is 29.4 Å². The summed E-state index contributed by atoms with van der Waals surface area (Å²) in [5.74, 6) is 1.78. The number of guanidine groups is 1. The Labute approximate surface area is 141 Å². The highest BCUT2D eigenvalue weighted by Crippen LogP contribution is 2.19. The molecule has 0 saturated heterocycles. The van der Waals surface area contributed by atoms with Gasteiger partial charge in [0.05, 0.1) is 0 Å². The summed E-state index contributed by atoms with van der Waals surface area (Å²) < 4.78 is 13.4. The molecule has 0 unspecified atom stereocenters. The maximum atomic E-state index is 13.4. The largest absolute Gasteiger partial charge is 0.361 e. The van der Waals surface area contributed by atoms with E-state index in [1.807, 2.05) is 18.0 Å². The quantitative estimate of drug-likeness (QED) is 0.394. The Morgan fingerprint density at radius 1 is 1.35 bits per heavy atom. The SMILES string of the molecule is CCNC(=NCCCSC)NCCc1c[nH]c2ccc(F)cc12. The Hall–Kier alpha value is -1.69. The zero-order valence-electron chi connectivity index (χ0n) is 13.8. The van der Waals surface area contributed by atoms with E-state index in [9.17, 15) is 4.39 Å². The summed E-state index contributed by atoms with van der Waals surface area (Å²) in [6.07, 6.45) is 5.96. The van der Waals surface area contributed by atoms with Crippen LogP contribution in [0.3, 0.4) is 0 Å². The van der Waals surface area contributed by atoms with Crippen LogP contribution >= 0.6 is 11.8 Å². The number of fused-ring (bicyclic) bond motifs is 1. The maximum Gasteiger partial charge on any atom is 0.191 e. The fraction of sp³-hybridized carbons (Fsp3) is 0.471. The van der Waals surface area contributed by atoms with Gasteiger partial charge in [0, 0.05) is 36.7 Å². The van der Waals surface area contributed by atoms with E-state index >= 15 is 0 Å². The van der Waals surface area contributed by atoms with Crippen LogP contribution in [0, 0.1) is 5.82 Å². The van der Waals surface area contributed by atoms with E-state index in [1.165, 1.54) is 6.07 Å². The van der Waals surface area contributed by atoms with Crippen molar-refractivity contribution in [1.29, 1.82) is 0 Å². The van der Waals surface area contributed by atoms with Gasteiger partial charge in [-0.05, 0) is 55.5 Å². The van der Waals surface area contributed by atoms with Crippen molar-refractivity contribution in [2.24, 2.45) is 4.99 Å². The third kappa shape index (κ3) is 5.46. The number of thioether (sulfide) groups is 1. The molecule has 0 spiro atoms. The van der Waals surface area contributed by atoms with Gasteiger partial charge in [-0.3, -0.25) is 4.99 Å². The van der Waals surface area contributed by atoms with Crippen LogP contribution < -0.4 is 10.6 Å². The fourth-order valence-corrected chi connectivity index (χ4v) is 2.83. The fourth-order valence-electron chi connectivity index (χ4n) is 2.41. The van der Waals surface area contributed by atoms with Crippen LogP contribution in [0.25, 0.3) is 10.9 Å². The van der Waals surface area contributed by atoms with Crippen LogP contribution in [0.4, 0.5) is 4.39 Å². The first-order chi connectivity index (χ1) is 11.2. The minimum Gasteiger partial charge on any atom is -0.361 e. The molecule has 1 aromatic carbocycles. The van der Waals surface area contributed by atoms with Crippen molar-refractivity contribution >= 4 is 28.6 Å². The molecule has 0 saturated carbocycles. The van der Waals surface area contributed by atoms with Crippen molar-refractivity contribution < 1.29 is 4.39 Å². The van der Waals surface area contributed by atoms with E-state index in [-0.39, 0.29) is 5.82 Å². The lowest BCUT2D eigenvalue weighted by molar-refractivity contribution is 0.629. The average Bonchev–Trinajstić information content (AvgIpc) is 2.94. The van der Waals surface area contributed by atoms with E-state index in [2.05, 4.69) is 33.8 Å². The number of hydrogen-bond donors (Lipinski definition) is 3. The van der Waals surface area contributed by atoms with Crippen LogP contribution in [0.5, 0.6) is 0 Å². The molecule has 0 aliphatic carbocycles. The molecule has 0 fully saturated rings. The van der Waals surface area contributed by atoms with Gasteiger partial charge in [-0.1, -0.05) is 0 Å². The molecule has 0 bridgehead atoms. The number of hydrogen-bond acceptors (Lipinski definition) is 2. The van der Waals surface area contributed by atoms with E-state index in [0.29, 0.717) is 0 Å². The van der Waals surface area contributed by atoms with Gasteiger partial charge in [0.25, 0.3) is 0 Å². The third-order valence-electron chi connectivity index (χ3n) is 3.54. The van der Waals surface area contributed by atoms with E-state index in [4.69, 9.17) is 0 Å². The standard InChI is InChI=1S/C17H25FN4S/c1-3-19-17(20-8-4-10-23-2)21-9-7-13-12-22-16-6-5-14(18)11-15(13)16/h5-6,11-12,22H,3-4,7-10H2,1-2H3,(H2,19,20,21). The Kier molecular flexibility index (Phi) is 7.26. The highest BCUT2D eigenvalue weighted by atomic mass is 32.2. The van der Waals surface area contributed by atoms with Crippen LogP contribution in [0.1, 0.15) is 18.9 Å². The maximum absolute atomic E-state index is 13.4. The van der Waals surface area contributed by atoms with Crippen LogP contribution in [-0.4, -0.2) is 42.6 Å². The van der Waals surface area contributed by atoms with Crippen molar-refractivity contribution in [3.8, 4) is 0 Å². The number of rotatable bonds is 8. The lowest BCUT2D eigenvalue weighted by atomic mass is 10.1. The second-order valence-corrected chi connectivity index (χ2v) is 6.27. The topological polar surface area (TPSA) is 52.2 Å². The van der Waals surface area contributed by atoms with Gasteiger partial charge in [0.2, 0.25) is 0 Å². The Morgan fingerprint density at radius 2 is 2.22 bits per heavy atom. The highest BCUT2D eigenvalue weighted by Gasteiger charge is 2.05. The molecule has 0 aliphatic heterocycles. The molecule has 23 heavy (non-hydrogen) atoms. The number of nitrogens with one attached hydrogen (secondary N) is 3. The molecule has 3 N–H and O–H groups in total. The minimum atomic E-state index is -0.199. The summed E-state index contributed by atoms with van der Waals surface area (Å²) in [4.78, 5) is 7.74. The lowest BCUT2D eigenvalue weighted by Crippen LogP contribution is -2.38. The van der Waals surface area contributed by atoms with Crippen molar-refractivity contribution in [3.05, 3.63) is 35.8 Å². The number of halogens is 1. The molecule has 2 rings (SSSR count). The summed E-state index contributed by atoms with van der Waals surface area (Å²) >= 11 is 1.84. The first kappa shape index (κ1) is 17.7. The molecular weight excluding hydrogens is 311 g/mol. The molecule has 0 aliphatic rings. The molecule has 6 heteroatoms. The molecule has 126 valence electrons. The number of aromatic amines is 1. The number of benzene rings is 1. The summed E-state index contributed by atoms with van der Waals surface area (Å²) in [7, 11) is 0. The van der Waals surface area contributed by atoms with E-state index in [1.54, 1.807) is 12.1 Å². The predicted molar refractivity (Wildman–Crippen MR) is 98.9 cm³/mol. The van der Waals surface area contributed by atoms with E-state index < -0.39 is 0 Å². The number of aromatic nitrogens is 1. The predicted octanol–water partition coefficient (Wildman–Crippen LogP) is 3.16. The van der Waals surface area contributed by atoms with Crippen LogP contribution in [0.2, 0.25) is 0 Å². The molecule has 1 heterocycles. The Bertz CT molecular complexity index is 639. The Morgan fingerprint density at radius 3 is 3.00 bits per heavy atom. The second-order valence-electron chi connectivity index (χ2n) is 5.29. The molecule has 4 nitrogen and oxygen atoms in total. The molecule has 1 aromatic heterocycles. The molecule has 0 atom stereocenters. The first-order valence-corrected chi connectivity index (χ1v) is 9.40. The third-order valence-corrected chi connectivity index (χ3v) is 4.23. The van der Waals surface area contributed by atoms with Gasteiger partial charge < -0.3 is 15.6 Å². The smallest absolute Gasteiger partial charge is 0.191 e. The normalized spacial score (nSPS) is 11.9. The number of nitrogens with zero attached hydrogens (tertiary/aromatic N) is 1. The zero-order chi connectivity index (χ0) is 16.5. The molecule has 0 radical (unpaired) electrons. The first-order valence-electron chi connectivity index (χ1n) is 8.01. The van der Waals surface area contributed by atoms with Gasteiger partial charge in [0.15, 0.2) is 5.96 Å². The van der Waals surface area contributed by atoms with Gasteiger partial charge in [-0.25, -0.2) is 4.39 Å². The minimum absolute atomic E-state index is 0.199. The summed E-state index contributed by atoms with van der Waals surface area (Å²) in [5, 5.41) is 7.54. The monoisotopic (exact) mass is 336 g/mol. The van der Waals surface area contributed by atoms with Crippen molar-refractivity contribution in [2.75, 3.05) is 31.6 Å². The molecular formula is C17H25FN4S. The van der Waals surface area contributed by atoms with Crippen LogP contribution in [-0.2, 0) is 6.42 Å². The number of H-pyrrole nitrogens is 1. The van der Waals surface area contributed by atoms with Gasteiger partial charge in [-0.15, -0.1) is 0 Å². The lowest BCUT2D eigenvalue weighted by Gasteiger charge is -2.11. The molecule has 2 aromatic rings. The van der Waals surface area contributed by atoms with Gasteiger partial charge >= 0.3 is 0 Å². The van der Waals surface area contributed by atoms with Crippen molar-refractivity contribution in [3.63, 3.8) is 0 Å². The highest BCUT2D eigenvalue weighted by molar-refractivity contribution is 7.98. The zero-order valence-corrected chi connectivity index (χ0v) is 14.6. The Balaban J connectivity index is 1.89. The van der Waals surface area contributed by atoms with E-state index in [0.717, 1.165) is 60.7 Å². The van der Waals surface area contributed by atoms with Crippen molar-refractivity contribution in [2.45, 2.75) is 19.8 Å². The van der Waals surface area contributed by atoms with Gasteiger partial charge in [0.1, 0.15) is 5.82 Å². The number of aliphatic imine (C=N–C) groups is 1. The average molecular weight is 336 g/mol. The summed E-state index contributed by atoms with van der Waals surface area (Å²) in [5.41, 5.74) is 2.09. The molecule has 0 amide bonds. The van der Waals surface area contributed by atoms with Gasteiger partial charge in [-0.2, -0.15) is 11.8 Å². The summed E-state index contributed by atoms with van der Waals surface area (Å²) in [6.45, 7) is 4.49. The van der Waals surface area contributed by atoms with Crippen molar-refractivity contribution in [1.82, 2.24) is 15.6 Å². The second kappa shape index (κ2) is 9.45. The summed E-state index contributed by atoms with van der Waals surface area (Å²) in [6, 6.07) is 4.84.